The maximum atomic E-state index is 12.6. The van der Waals surface area contributed by atoms with Gasteiger partial charge in [0.25, 0.3) is 0 Å². The van der Waals surface area contributed by atoms with E-state index in [1.165, 1.54) is 0 Å². The molecule has 1 aliphatic rings. The van der Waals surface area contributed by atoms with Crippen LogP contribution in [-0.4, -0.2) is 46.7 Å². The summed E-state index contributed by atoms with van der Waals surface area (Å²) in [6.45, 7) is 0.863. The third kappa shape index (κ3) is 3.87. The second-order valence-electron chi connectivity index (χ2n) is 6.71. The van der Waals surface area contributed by atoms with Crippen molar-refractivity contribution >= 4 is 11.8 Å². The van der Waals surface area contributed by atoms with Gasteiger partial charge >= 0.3 is 0 Å². The van der Waals surface area contributed by atoms with Crippen LogP contribution in [-0.2, 0) is 23.1 Å². The van der Waals surface area contributed by atoms with Gasteiger partial charge in [0.1, 0.15) is 5.75 Å². The van der Waals surface area contributed by atoms with Crippen LogP contribution in [0.15, 0.2) is 36.7 Å². The summed E-state index contributed by atoms with van der Waals surface area (Å²) in [6, 6.07) is 7.70. The van der Waals surface area contributed by atoms with Gasteiger partial charge in [-0.1, -0.05) is 12.1 Å². The predicted octanol–water partition coefficient (Wildman–Crippen LogP) is 1.09. The highest BCUT2D eigenvalue weighted by molar-refractivity contribution is 5.82. The predicted molar refractivity (Wildman–Crippen MR) is 96.5 cm³/mol. The van der Waals surface area contributed by atoms with E-state index in [1.54, 1.807) is 22.9 Å². The molecule has 1 saturated heterocycles. The van der Waals surface area contributed by atoms with Gasteiger partial charge in [-0.3, -0.25) is 14.3 Å². The Hall–Kier alpha value is -2.83. The number of carbonyl (C=O) groups is 2. The van der Waals surface area contributed by atoms with E-state index in [2.05, 4.69) is 5.10 Å². The van der Waals surface area contributed by atoms with Crippen LogP contribution in [0.2, 0.25) is 0 Å². The minimum Gasteiger partial charge on any atom is -0.497 e. The minimum absolute atomic E-state index is 0.0328. The number of benzene rings is 1. The zero-order chi connectivity index (χ0) is 18.7. The van der Waals surface area contributed by atoms with Crippen LogP contribution in [0.5, 0.6) is 5.75 Å². The lowest BCUT2D eigenvalue weighted by atomic mass is 9.90. The molecule has 2 amide bonds. The van der Waals surface area contributed by atoms with Gasteiger partial charge < -0.3 is 15.4 Å². The number of hydrogen-bond acceptors (Lipinski definition) is 4. The molecule has 1 aliphatic heterocycles. The molecule has 7 heteroatoms. The molecule has 0 bridgehead atoms. The van der Waals surface area contributed by atoms with Crippen LogP contribution in [0, 0.1) is 5.92 Å². The lowest BCUT2D eigenvalue weighted by Crippen LogP contribution is -2.32. The number of rotatable bonds is 6. The molecule has 1 fully saturated rings. The number of carbonyl (C=O) groups excluding carboxylic acids is 2. The van der Waals surface area contributed by atoms with Crippen molar-refractivity contribution < 1.29 is 14.3 Å². The number of aromatic nitrogens is 2. The molecule has 26 heavy (non-hydrogen) atoms. The van der Waals surface area contributed by atoms with E-state index < -0.39 is 0 Å². The molecular weight excluding hydrogens is 332 g/mol. The van der Waals surface area contributed by atoms with E-state index in [9.17, 15) is 9.59 Å². The van der Waals surface area contributed by atoms with E-state index >= 15 is 0 Å². The molecule has 2 N–H and O–H groups in total. The monoisotopic (exact) mass is 356 g/mol. The quantitative estimate of drug-likeness (QED) is 0.839. The van der Waals surface area contributed by atoms with Crippen molar-refractivity contribution in [3.05, 3.63) is 47.8 Å². The summed E-state index contributed by atoms with van der Waals surface area (Å²) in [4.78, 5) is 26.2. The number of methoxy groups -OCH3 is 1. The summed E-state index contributed by atoms with van der Waals surface area (Å²) in [5, 5.41) is 4.17. The van der Waals surface area contributed by atoms with Crippen LogP contribution in [0.1, 0.15) is 23.5 Å². The van der Waals surface area contributed by atoms with Gasteiger partial charge in [0.15, 0.2) is 0 Å². The molecular formula is C19H24N4O3. The average Bonchev–Trinajstić information content (AvgIpc) is 3.26. The van der Waals surface area contributed by atoms with Crippen molar-refractivity contribution in [3.63, 3.8) is 0 Å². The molecule has 3 rings (SSSR count). The van der Waals surface area contributed by atoms with Gasteiger partial charge in [-0.05, 0) is 29.7 Å². The first-order valence-electron chi connectivity index (χ1n) is 8.66. The maximum absolute atomic E-state index is 12.6. The Morgan fingerprint density at radius 2 is 2.15 bits per heavy atom. The number of nitrogens with zero attached hydrogens (tertiary/aromatic N) is 3. The van der Waals surface area contributed by atoms with Gasteiger partial charge in [0.2, 0.25) is 11.8 Å². The largest absolute Gasteiger partial charge is 0.497 e. The van der Waals surface area contributed by atoms with Crippen molar-refractivity contribution in [2.45, 2.75) is 18.8 Å². The van der Waals surface area contributed by atoms with Crippen LogP contribution in [0.25, 0.3) is 0 Å². The first kappa shape index (κ1) is 18.0. The van der Waals surface area contributed by atoms with Gasteiger partial charge in [-0.2, -0.15) is 5.10 Å². The zero-order valence-electron chi connectivity index (χ0n) is 15.1. The molecule has 0 unspecified atom stereocenters. The second-order valence-corrected chi connectivity index (χ2v) is 6.71. The second kappa shape index (κ2) is 7.59. The molecule has 1 aromatic carbocycles. The number of amides is 2. The Morgan fingerprint density at radius 1 is 1.35 bits per heavy atom. The number of primary amides is 1. The zero-order valence-corrected chi connectivity index (χ0v) is 15.1. The Kier molecular flexibility index (Phi) is 5.25. The van der Waals surface area contributed by atoms with E-state index in [0.717, 1.165) is 16.9 Å². The molecule has 0 radical (unpaired) electrons. The van der Waals surface area contributed by atoms with Crippen molar-refractivity contribution in [3.8, 4) is 5.75 Å². The van der Waals surface area contributed by atoms with Crippen LogP contribution >= 0.6 is 0 Å². The summed E-state index contributed by atoms with van der Waals surface area (Å²) in [7, 11) is 3.45. The number of hydrogen-bond donors (Lipinski definition) is 1. The Morgan fingerprint density at radius 3 is 2.81 bits per heavy atom. The molecule has 2 heterocycles. The Balaban J connectivity index is 1.65. The highest BCUT2D eigenvalue weighted by atomic mass is 16.5. The molecule has 7 nitrogen and oxygen atoms in total. The summed E-state index contributed by atoms with van der Waals surface area (Å²) in [5.41, 5.74) is 7.57. The SMILES string of the molecule is COc1cccc(CCC(=O)N2C[C@H](C(N)=O)[C@@H](c3cnn(C)c3)C2)c1. The van der Waals surface area contributed by atoms with E-state index in [1.807, 2.05) is 37.5 Å². The maximum Gasteiger partial charge on any atom is 0.223 e. The van der Waals surface area contributed by atoms with Gasteiger partial charge in [0, 0.05) is 38.7 Å². The first-order chi connectivity index (χ1) is 12.5. The molecule has 2 aromatic rings. The van der Waals surface area contributed by atoms with E-state index in [4.69, 9.17) is 10.5 Å². The number of ether oxygens (including phenoxy) is 1. The summed E-state index contributed by atoms with van der Waals surface area (Å²) < 4.78 is 6.91. The highest BCUT2D eigenvalue weighted by Gasteiger charge is 2.39. The molecule has 1 aromatic heterocycles. The lowest BCUT2D eigenvalue weighted by Gasteiger charge is -2.16. The topological polar surface area (TPSA) is 90.4 Å². The number of aryl methyl sites for hydroxylation is 2. The fourth-order valence-corrected chi connectivity index (χ4v) is 3.50. The van der Waals surface area contributed by atoms with E-state index in [0.29, 0.717) is 25.9 Å². The highest BCUT2D eigenvalue weighted by Crippen LogP contribution is 2.32. The van der Waals surface area contributed by atoms with Crippen molar-refractivity contribution in [1.82, 2.24) is 14.7 Å². The number of nitrogens with two attached hydrogens (primary N) is 1. The van der Waals surface area contributed by atoms with Crippen molar-refractivity contribution in [1.29, 1.82) is 0 Å². The van der Waals surface area contributed by atoms with Gasteiger partial charge in [0.05, 0.1) is 19.2 Å². The third-order valence-corrected chi connectivity index (χ3v) is 4.95. The van der Waals surface area contributed by atoms with Crippen molar-refractivity contribution in [2.75, 3.05) is 20.2 Å². The van der Waals surface area contributed by atoms with Gasteiger partial charge in [-0.15, -0.1) is 0 Å². The third-order valence-electron chi connectivity index (χ3n) is 4.95. The summed E-state index contributed by atoms with van der Waals surface area (Å²) in [6.07, 6.45) is 4.64. The van der Waals surface area contributed by atoms with Crippen molar-refractivity contribution in [2.24, 2.45) is 18.7 Å². The molecule has 2 atom stereocenters. The smallest absolute Gasteiger partial charge is 0.223 e. The van der Waals surface area contributed by atoms with Crippen LogP contribution in [0.4, 0.5) is 0 Å². The minimum atomic E-state index is -0.375. The molecule has 0 saturated carbocycles. The van der Waals surface area contributed by atoms with Crippen LogP contribution < -0.4 is 10.5 Å². The lowest BCUT2D eigenvalue weighted by molar-refractivity contribution is -0.130. The Bertz CT molecular complexity index is 802. The summed E-state index contributed by atoms with van der Waals surface area (Å²) in [5.74, 6) is -0.0316. The molecule has 0 aliphatic carbocycles. The average molecular weight is 356 g/mol. The fourth-order valence-electron chi connectivity index (χ4n) is 3.50. The van der Waals surface area contributed by atoms with Crippen LogP contribution in [0.3, 0.4) is 0 Å². The normalized spacial score (nSPS) is 19.5. The first-order valence-corrected chi connectivity index (χ1v) is 8.66. The molecule has 138 valence electrons. The number of likely N-dealkylation sites (tertiary alicyclic amines) is 1. The fraction of sp³-hybridized carbons (Fsp3) is 0.421. The summed E-state index contributed by atoms with van der Waals surface area (Å²) >= 11 is 0. The van der Waals surface area contributed by atoms with E-state index in [-0.39, 0.29) is 23.7 Å². The standard InChI is InChI=1S/C19H24N4O3/c1-22-10-14(9-21-22)16-11-23(12-17(16)19(20)25)18(24)7-6-13-4-3-5-15(8-13)26-2/h3-5,8-10,16-17H,6-7,11-12H2,1-2H3,(H2,20,25)/t16-,17+/m1/s1. The molecule has 0 spiro atoms. The van der Waals surface area contributed by atoms with Gasteiger partial charge in [-0.25, -0.2) is 0 Å². The Labute approximate surface area is 152 Å².